The number of rotatable bonds is 8. The van der Waals surface area contributed by atoms with Crippen molar-refractivity contribution in [1.82, 2.24) is 25.4 Å². The fourth-order valence-electron chi connectivity index (χ4n) is 2.71. The number of aliphatic imine (C=N–C) groups is 1. The average molecular weight is 383 g/mol. The molecule has 3 aromatic rings. The van der Waals surface area contributed by atoms with Gasteiger partial charge in [-0.2, -0.15) is 5.10 Å². The molecular formula is C20H26N6S. The molecule has 0 saturated heterocycles. The van der Waals surface area contributed by atoms with Crippen LogP contribution in [-0.4, -0.2) is 40.4 Å². The van der Waals surface area contributed by atoms with Crippen molar-refractivity contribution in [2.75, 3.05) is 19.6 Å². The van der Waals surface area contributed by atoms with E-state index in [0.29, 0.717) is 0 Å². The van der Waals surface area contributed by atoms with E-state index in [9.17, 15) is 0 Å². The normalized spacial score (nSPS) is 11.6. The number of aryl methyl sites for hydroxylation is 1. The topological polar surface area (TPSA) is 67.1 Å². The lowest BCUT2D eigenvalue weighted by atomic mass is 10.1. The molecule has 2 heterocycles. The van der Waals surface area contributed by atoms with Crippen molar-refractivity contribution in [3.63, 3.8) is 0 Å². The predicted molar refractivity (Wildman–Crippen MR) is 112 cm³/mol. The van der Waals surface area contributed by atoms with E-state index in [1.54, 1.807) is 17.5 Å². The van der Waals surface area contributed by atoms with Gasteiger partial charge in [0.25, 0.3) is 0 Å². The maximum absolute atomic E-state index is 4.64. The first kappa shape index (κ1) is 19.1. The van der Waals surface area contributed by atoms with Gasteiger partial charge in [-0.1, -0.05) is 12.1 Å². The molecule has 142 valence electrons. The Morgan fingerprint density at radius 2 is 2.04 bits per heavy atom. The maximum Gasteiger partial charge on any atom is 0.191 e. The van der Waals surface area contributed by atoms with Crippen LogP contribution in [0.15, 0.2) is 53.1 Å². The molecule has 1 aromatic carbocycles. The van der Waals surface area contributed by atoms with Gasteiger partial charge in [0, 0.05) is 43.8 Å². The fraction of sp³-hybridized carbons (Fsp3) is 0.350. The molecule has 27 heavy (non-hydrogen) atoms. The van der Waals surface area contributed by atoms with E-state index in [4.69, 9.17) is 0 Å². The number of nitrogens with zero attached hydrogens (tertiary/aromatic N) is 4. The van der Waals surface area contributed by atoms with Crippen LogP contribution in [-0.2, 0) is 12.8 Å². The minimum absolute atomic E-state index is 0.733. The van der Waals surface area contributed by atoms with Crippen molar-refractivity contribution >= 4 is 17.3 Å². The van der Waals surface area contributed by atoms with E-state index in [1.165, 1.54) is 5.56 Å². The van der Waals surface area contributed by atoms with Crippen LogP contribution in [0.2, 0.25) is 0 Å². The molecule has 2 aromatic heterocycles. The van der Waals surface area contributed by atoms with Crippen molar-refractivity contribution in [2.24, 2.45) is 4.99 Å². The molecule has 0 unspecified atom stereocenters. The van der Waals surface area contributed by atoms with Gasteiger partial charge >= 0.3 is 0 Å². The Bertz CT molecular complexity index is 836. The summed E-state index contributed by atoms with van der Waals surface area (Å²) in [5.74, 6) is 0.859. The summed E-state index contributed by atoms with van der Waals surface area (Å²) in [5, 5.41) is 14.2. The highest BCUT2D eigenvalue weighted by atomic mass is 32.1. The molecule has 2 N–H and O–H groups in total. The number of hydrogen-bond donors (Lipinski definition) is 2. The third kappa shape index (κ3) is 5.92. The minimum atomic E-state index is 0.733. The summed E-state index contributed by atoms with van der Waals surface area (Å²) >= 11 is 1.69. The molecule has 7 heteroatoms. The van der Waals surface area contributed by atoms with Crippen molar-refractivity contribution in [1.29, 1.82) is 0 Å². The SMILES string of the molecule is CCNC(=NCCc1csc(C)n1)NCCc1ccc(-n2cccn2)cc1. The van der Waals surface area contributed by atoms with Crippen LogP contribution in [0, 0.1) is 6.92 Å². The molecule has 3 rings (SSSR count). The van der Waals surface area contributed by atoms with Crippen molar-refractivity contribution in [3.8, 4) is 5.69 Å². The van der Waals surface area contributed by atoms with Gasteiger partial charge in [0.1, 0.15) is 0 Å². The minimum Gasteiger partial charge on any atom is -0.357 e. The summed E-state index contributed by atoms with van der Waals surface area (Å²) in [6.45, 7) is 6.53. The van der Waals surface area contributed by atoms with Gasteiger partial charge in [-0.25, -0.2) is 9.67 Å². The second kappa shape index (κ2) is 9.87. The zero-order valence-electron chi connectivity index (χ0n) is 15.9. The summed E-state index contributed by atoms with van der Waals surface area (Å²) < 4.78 is 1.86. The zero-order chi connectivity index (χ0) is 18.9. The Hall–Kier alpha value is -2.67. The van der Waals surface area contributed by atoms with Gasteiger partial charge in [-0.15, -0.1) is 11.3 Å². The van der Waals surface area contributed by atoms with Crippen LogP contribution in [0.1, 0.15) is 23.2 Å². The molecule has 0 fully saturated rings. The van der Waals surface area contributed by atoms with E-state index in [1.807, 2.05) is 23.9 Å². The Balaban J connectivity index is 1.46. The highest BCUT2D eigenvalue weighted by Crippen LogP contribution is 2.09. The predicted octanol–water partition coefficient (Wildman–Crippen LogP) is 2.98. The van der Waals surface area contributed by atoms with Gasteiger partial charge in [-0.05, 0) is 44.0 Å². The van der Waals surface area contributed by atoms with Gasteiger partial charge in [0.2, 0.25) is 0 Å². The van der Waals surface area contributed by atoms with Gasteiger partial charge in [0.15, 0.2) is 5.96 Å². The van der Waals surface area contributed by atoms with E-state index >= 15 is 0 Å². The zero-order valence-corrected chi connectivity index (χ0v) is 16.7. The lowest BCUT2D eigenvalue weighted by molar-refractivity contribution is 0.794. The Kier molecular flexibility index (Phi) is 6.98. The Labute approximate surface area is 164 Å². The molecule has 0 atom stereocenters. The lowest BCUT2D eigenvalue weighted by Gasteiger charge is -2.11. The standard InChI is InChI=1S/C20H26N6S/c1-3-21-20(23-13-10-18-15-27-16(2)25-18)22-12-9-17-5-7-19(8-6-17)26-14-4-11-24-26/h4-8,11,14-15H,3,9-10,12-13H2,1-2H3,(H2,21,22,23). The van der Waals surface area contributed by atoms with Crippen LogP contribution >= 0.6 is 11.3 Å². The second-order valence-corrected chi connectivity index (χ2v) is 7.22. The smallest absolute Gasteiger partial charge is 0.191 e. The number of thiazole rings is 1. The molecule has 0 amide bonds. The summed E-state index contributed by atoms with van der Waals surface area (Å²) in [6, 6.07) is 10.4. The molecule has 0 spiro atoms. The third-order valence-electron chi connectivity index (χ3n) is 4.06. The number of nitrogens with one attached hydrogen (secondary N) is 2. The summed E-state index contributed by atoms with van der Waals surface area (Å²) in [6.07, 6.45) is 5.54. The highest BCUT2D eigenvalue weighted by molar-refractivity contribution is 7.09. The maximum atomic E-state index is 4.64. The molecule has 0 aliphatic heterocycles. The van der Waals surface area contributed by atoms with Crippen molar-refractivity contribution in [2.45, 2.75) is 26.7 Å². The third-order valence-corrected chi connectivity index (χ3v) is 4.88. The average Bonchev–Trinajstić information content (AvgIpc) is 3.34. The van der Waals surface area contributed by atoms with E-state index in [0.717, 1.165) is 54.8 Å². The number of benzene rings is 1. The molecule has 0 radical (unpaired) electrons. The van der Waals surface area contributed by atoms with Crippen LogP contribution in [0.3, 0.4) is 0 Å². The van der Waals surface area contributed by atoms with Crippen LogP contribution in [0.4, 0.5) is 0 Å². The molecule has 0 aliphatic rings. The first-order valence-electron chi connectivity index (χ1n) is 9.26. The first-order valence-corrected chi connectivity index (χ1v) is 10.1. The largest absolute Gasteiger partial charge is 0.357 e. The molecule has 0 bridgehead atoms. The van der Waals surface area contributed by atoms with Crippen LogP contribution in [0.25, 0.3) is 5.69 Å². The quantitative estimate of drug-likeness (QED) is 0.464. The van der Waals surface area contributed by atoms with Crippen molar-refractivity contribution < 1.29 is 0 Å². The van der Waals surface area contributed by atoms with E-state index < -0.39 is 0 Å². The molecular weight excluding hydrogens is 356 g/mol. The lowest BCUT2D eigenvalue weighted by Crippen LogP contribution is -2.38. The monoisotopic (exact) mass is 382 g/mol. The molecule has 6 nitrogen and oxygen atoms in total. The van der Waals surface area contributed by atoms with Crippen molar-refractivity contribution in [3.05, 3.63) is 64.4 Å². The summed E-state index contributed by atoms with van der Waals surface area (Å²) in [7, 11) is 0. The Morgan fingerprint density at radius 3 is 2.70 bits per heavy atom. The number of guanidine groups is 1. The van der Waals surface area contributed by atoms with E-state index in [2.05, 4.69) is 62.3 Å². The Morgan fingerprint density at radius 1 is 1.19 bits per heavy atom. The number of aromatic nitrogens is 3. The second-order valence-electron chi connectivity index (χ2n) is 6.16. The van der Waals surface area contributed by atoms with Gasteiger partial charge < -0.3 is 10.6 Å². The summed E-state index contributed by atoms with van der Waals surface area (Å²) in [4.78, 5) is 9.13. The first-order chi connectivity index (χ1) is 13.2. The van der Waals surface area contributed by atoms with Gasteiger partial charge in [-0.3, -0.25) is 4.99 Å². The van der Waals surface area contributed by atoms with Crippen LogP contribution < -0.4 is 10.6 Å². The highest BCUT2D eigenvalue weighted by Gasteiger charge is 2.01. The molecule has 0 aliphatic carbocycles. The number of hydrogen-bond acceptors (Lipinski definition) is 4. The van der Waals surface area contributed by atoms with Crippen LogP contribution in [0.5, 0.6) is 0 Å². The summed E-state index contributed by atoms with van der Waals surface area (Å²) in [5.41, 5.74) is 3.48. The molecule has 0 saturated carbocycles. The van der Waals surface area contributed by atoms with E-state index in [-0.39, 0.29) is 0 Å². The van der Waals surface area contributed by atoms with Gasteiger partial charge in [0.05, 0.1) is 16.4 Å². The fourth-order valence-corrected chi connectivity index (χ4v) is 3.36.